The summed E-state index contributed by atoms with van der Waals surface area (Å²) in [5.41, 5.74) is 2.57. The van der Waals surface area contributed by atoms with Crippen molar-refractivity contribution in [1.82, 2.24) is 0 Å². The number of anilines is 1. The molecule has 1 amide bonds. The zero-order valence-corrected chi connectivity index (χ0v) is 12.4. The lowest BCUT2D eigenvalue weighted by molar-refractivity contribution is 0.0993. The first-order chi connectivity index (χ1) is 10.3. The minimum absolute atomic E-state index is 0.00953. The van der Waals surface area contributed by atoms with E-state index in [1.165, 1.54) is 0 Å². The highest BCUT2D eigenvalue weighted by Gasteiger charge is 2.46. The summed E-state index contributed by atoms with van der Waals surface area (Å²) >= 11 is 1.69. The van der Waals surface area contributed by atoms with Crippen LogP contribution in [0.4, 0.5) is 5.69 Å². The van der Waals surface area contributed by atoms with Crippen LogP contribution in [0.5, 0.6) is 11.5 Å². The van der Waals surface area contributed by atoms with Gasteiger partial charge in [0.2, 0.25) is 0 Å². The van der Waals surface area contributed by atoms with Crippen molar-refractivity contribution in [3.05, 3.63) is 47.5 Å². The number of ether oxygens (including phenoxy) is 2. The van der Waals surface area contributed by atoms with Gasteiger partial charge in [-0.05, 0) is 18.2 Å². The summed E-state index contributed by atoms with van der Waals surface area (Å²) in [6.45, 7) is 0. The lowest BCUT2D eigenvalue weighted by Gasteiger charge is -2.15. The van der Waals surface area contributed by atoms with Gasteiger partial charge in [-0.3, -0.25) is 9.69 Å². The Morgan fingerprint density at radius 2 is 1.90 bits per heavy atom. The zero-order valence-electron chi connectivity index (χ0n) is 11.6. The average Bonchev–Trinajstić information content (AvgIpc) is 3.03. The maximum absolute atomic E-state index is 12.9. The van der Waals surface area contributed by atoms with Crippen LogP contribution in [0.25, 0.3) is 0 Å². The molecule has 4 nitrogen and oxygen atoms in total. The van der Waals surface area contributed by atoms with E-state index >= 15 is 0 Å². The highest BCUT2D eigenvalue weighted by atomic mass is 32.2. The molecule has 1 atom stereocenters. The van der Waals surface area contributed by atoms with Crippen molar-refractivity contribution in [1.29, 1.82) is 0 Å². The Morgan fingerprint density at radius 1 is 1.10 bits per heavy atom. The number of para-hydroxylation sites is 1. The number of benzene rings is 2. The Morgan fingerprint density at radius 3 is 2.67 bits per heavy atom. The van der Waals surface area contributed by atoms with E-state index in [1.807, 2.05) is 41.3 Å². The molecule has 0 aliphatic carbocycles. The second-order valence-corrected chi connectivity index (χ2v) is 6.00. The summed E-state index contributed by atoms with van der Waals surface area (Å²) in [7, 11) is 3.14. The third-order valence-corrected chi connectivity index (χ3v) is 5.16. The topological polar surface area (TPSA) is 38.8 Å². The van der Waals surface area contributed by atoms with Gasteiger partial charge in [-0.25, -0.2) is 0 Å². The first kappa shape index (κ1) is 12.6. The fourth-order valence-corrected chi connectivity index (χ4v) is 4.29. The van der Waals surface area contributed by atoms with Gasteiger partial charge in [0.05, 0.1) is 25.5 Å². The summed E-state index contributed by atoms with van der Waals surface area (Å²) in [5, 5.41) is -0.00953. The fourth-order valence-electron chi connectivity index (χ4n) is 2.96. The molecule has 2 aliphatic rings. The predicted molar refractivity (Wildman–Crippen MR) is 81.4 cm³/mol. The molecule has 2 aromatic carbocycles. The molecule has 0 N–H and O–H groups in total. The Balaban J connectivity index is 1.91. The molecule has 2 aromatic rings. The minimum Gasteiger partial charge on any atom is -0.493 e. The van der Waals surface area contributed by atoms with Gasteiger partial charge in [0, 0.05) is 10.5 Å². The lowest BCUT2D eigenvalue weighted by atomic mass is 10.1. The number of amides is 1. The molecule has 0 aromatic heterocycles. The summed E-state index contributed by atoms with van der Waals surface area (Å²) < 4.78 is 10.7. The van der Waals surface area contributed by atoms with E-state index in [0.29, 0.717) is 17.1 Å². The van der Waals surface area contributed by atoms with Crippen molar-refractivity contribution in [2.75, 3.05) is 19.1 Å². The number of rotatable bonds is 2. The van der Waals surface area contributed by atoms with E-state index in [4.69, 9.17) is 9.47 Å². The predicted octanol–water partition coefficient (Wildman–Crippen LogP) is 3.47. The molecule has 106 valence electrons. The monoisotopic (exact) mass is 299 g/mol. The zero-order chi connectivity index (χ0) is 14.6. The van der Waals surface area contributed by atoms with Gasteiger partial charge in [-0.1, -0.05) is 30.0 Å². The van der Waals surface area contributed by atoms with Crippen LogP contribution >= 0.6 is 11.8 Å². The van der Waals surface area contributed by atoms with Crippen LogP contribution < -0.4 is 14.4 Å². The first-order valence-corrected chi connectivity index (χ1v) is 7.48. The molecular formula is C16H13NO3S. The average molecular weight is 299 g/mol. The van der Waals surface area contributed by atoms with Crippen LogP contribution in [0, 0.1) is 0 Å². The van der Waals surface area contributed by atoms with Gasteiger partial charge in [0.1, 0.15) is 5.37 Å². The molecule has 0 spiro atoms. The lowest BCUT2D eigenvalue weighted by Crippen LogP contribution is -2.23. The van der Waals surface area contributed by atoms with Gasteiger partial charge in [0.15, 0.2) is 11.5 Å². The van der Waals surface area contributed by atoms with E-state index in [2.05, 4.69) is 0 Å². The first-order valence-electron chi connectivity index (χ1n) is 6.60. The van der Waals surface area contributed by atoms with Crippen LogP contribution in [0.1, 0.15) is 21.3 Å². The van der Waals surface area contributed by atoms with Gasteiger partial charge in [-0.2, -0.15) is 0 Å². The van der Waals surface area contributed by atoms with Crippen LogP contribution in [0.2, 0.25) is 0 Å². The quantitative estimate of drug-likeness (QED) is 0.851. The number of nitrogens with zero attached hydrogens (tertiary/aromatic N) is 1. The Labute approximate surface area is 126 Å². The molecular weight excluding hydrogens is 286 g/mol. The highest BCUT2D eigenvalue weighted by Crippen LogP contribution is 2.57. The number of methoxy groups -OCH3 is 2. The second kappa shape index (κ2) is 4.43. The molecule has 4 rings (SSSR count). The van der Waals surface area contributed by atoms with E-state index in [9.17, 15) is 4.79 Å². The highest BCUT2D eigenvalue weighted by molar-refractivity contribution is 8.00. The third kappa shape index (κ3) is 1.55. The van der Waals surface area contributed by atoms with Gasteiger partial charge in [-0.15, -0.1) is 0 Å². The van der Waals surface area contributed by atoms with Crippen LogP contribution in [-0.2, 0) is 0 Å². The standard InChI is InChI=1S/C16H13NO3S/c1-19-11-8-7-9-13(14(11)20-2)15(18)17-10-5-3-4-6-12(10)21-16(9)17/h3-8,16H,1-2H3/t16-/m1/s1. The molecule has 21 heavy (non-hydrogen) atoms. The second-order valence-electron chi connectivity index (χ2n) is 4.88. The van der Waals surface area contributed by atoms with E-state index < -0.39 is 0 Å². The maximum atomic E-state index is 12.9. The summed E-state index contributed by atoms with van der Waals surface area (Å²) in [5.74, 6) is 1.08. The number of carbonyl (C=O) groups is 1. The molecule has 0 bridgehead atoms. The Hall–Kier alpha value is -2.14. The van der Waals surface area contributed by atoms with Crippen molar-refractivity contribution in [3.8, 4) is 11.5 Å². The molecule has 0 fully saturated rings. The number of fused-ring (bicyclic) bond motifs is 5. The SMILES string of the molecule is COc1ccc2c(c1OC)C(=O)N1c3ccccc3S[C@H]21. The summed E-state index contributed by atoms with van der Waals surface area (Å²) in [6, 6.07) is 11.8. The molecule has 5 heteroatoms. The fraction of sp³-hybridized carbons (Fsp3) is 0.188. The van der Waals surface area contributed by atoms with Gasteiger partial charge < -0.3 is 9.47 Å². The molecule has 0 saturated heterocycles. The van der Waals surface area contributed by atoms with E-state index in [1.54, 1.807) is 26.0 Å². The molecule has 0 unspecified atom stereocenters. The largest absolute Gasteiger partial charge is 0.493 e. The van der Waals surface area contributed by atoms with Crippen molar-refractivity contribution < 1.29 is 14.3 Å². The molecule has 0 radical (unpaired) electrons. The van der Waals surface area contributed by atoms with Crippen molar-refractivity contribution in [2.45, 2.75) is 10.3 Å². The van der Waals surface area contributed by atoms with Crippen LogP contribution in [0.3, 0.4) is 0 Å². The normalized spacial score (nSPS) is 18.3. The van der Waals surface area contributed by atoms with E-state index in [0.717, 1.165) is 16.1 Å². The number of thioether (sulfide) groups is 1. The van der Waals surface area contributed by atoms with Crippen molar-refractivity contribution in [3.63, 3.8) is 0 Å². The Bertz CT molecular complexity index is 759. The van der Waals surface area contributed by atoms with Crippen molar-refractivity contribution in [2.24, 2.45) is 0 Å². The van der Waals surface area contributed by atoms with Gasteiger partial charge >= 0.3 is 0 Å². The number of carbonyl (C=O) groups excluding carboxylic acids is 1. The molecule has 2 heterocycles. The van der Waals surface area contributed by atoms with Crippen LogP contribution in [0.15, 0.2) is 41.3 Å². The molecule has 2 aliphatic heterocycles. The maximum Gasteiger partial charge on any atom is 0.263 e. The molecule has 0 saturated carbocycles. The third-order valence-electron chi connectivity index (χ3n) is 3.87. The van der Waals surface area contributed by atoms with Crippen molar-refractivity contribution >= 4 is 23.4 Å². The number of hydrogen-bond donors (Lipinski definition) is 0. The number of hydrogen-bond acceptors (Lipinski definition) is 4. The Kier molecular flexibility index (Phi) is 2.65. The van der Waals surface area contributed by atoms with Gasteiger partial charge in [0.25, 0.3) is 5.91 Å². The summed E-state index contributed by atoms with van der Waals surface area (Å²) in [4.78, 5) is 15.8. The van der Waals surface area contributed by atoms with Crippen LogP contribution in [-0.4, -0.2) is 20.1 Å². The van der Waals surface area contributed by atoms with E-state index in [-0.39, 0.29) is 11.3 Å². The smallest absolute Gasteiger partial charge is 0.263 e. The summed E-state index contributed by atoms with van der Waals surface area (Å²) in [6.07, 6.45) is 0. The minimum atomic E-state index is -0.0248.